The molecule has 98 valence electrons. The number of rotatable bonds is 4. The number of carbonyl (C=O) groups is 1. The fraction of sp³-hybridized carbons (Fsp3) is 0.500. The van der Waals surface area contributed by atoms with E-state index in [9.17, 15) is 4.79 Å². The van der Waals surface area contributed by atoms with Crippen LogP contribution in [0.4, 0.5) is 4.79 Å². The van der Waals surface area contributed by atoms with Crippen LogP contribution in [0.25, 0.3) is 0 Å². The van der Waals surface area contributed by atoms with Crippen molar-refractivity contribution in [1.82, 2.24) is 10.6 Å². The van der Waals surface area contributed by atoms with Crippen LogP contribution in [0.5, 0.6) is 0 Å². The Hall–Kier alpha value is -1.71. The number of urea groups is 1. The van der Waals surface area contributed by atoms with Gasteiger partial charge in [-0.1, -0.05) is 25.3 Å². The van der Waals surface area contributed by atoms with Gasteiger partial charge in [-0.25, -0.2) is 4.79 Å². The van der Waals surface area contributed by atoms with E-state index in [4.69, 9.17) is 4.42 Å². The highest BCUT2D eigenvalue weighted by atomic mass is 16.3. The van der Waals surface area contributed by atoms with Gasteiger partial charge in [0, 0.05) is 6.20 Å². The first kappa shape index (κ1) is 12.7. The zero-order valence-electron chi connectivity index (χ0n) is 10.5. The van der Waals surface area contributed by atoms with Crippen molar-refractivity contribution < 1.29 is 9.21 Å². The van der Waals surface area contributed by atoms with Crippen molar-refractivity contribution in [3.63, 3.8) is 0 Å². The third kappa shape index (κ3) is 4.28. The number of carbonyl (C=O) groups excluding carboxylic acids is 1. The molecule has 1 aromatic rings. The predicted molar refractivity (Wildman–Crippen MR) is 69.8 cm³/mol. The van der Waals surface area contributed by atoms with E-state index in [1.54, 1.807) is 18.5 Å². The predicted octanol–water partition coefficient (Wildman–Crippen LogP) is 3.17. The van der Waals surface area contributed by atoms with Crippen molar-refractivity contribution >= 4 is 6.03 Å². The molecule has 1 aliphatic rings. The summed E-state index contributed by atoms with van der Waals surface area (Å²) in [7, 11) is 0. The van der Waals surface area contributed by atoms with Crippen LogP contribution in [0.15, 0.2) is 35.1 Å². The minimum atomic E-state index is -0.196. The molecule has 1 saturated carbocycles. The van der Waals surface area contributed by atoms with Gasteiger partial charge >= 0.3 is 6.03 Å². The van der Waals surface area contributed by atoms with E-state index >= 15 is 0 Å². The number of nitrogens with one attached hydrogen (secondary N) is 2. The monoisotopic (exact) mass is 248 g/mol. The van der Waals surface area contributed by atoms with Crippen LogP contribution in [0.2, 0.25) is 0 Å². The van der Waals surface area contributed by atoms with Crippen LogP contribution in [-0.2, 0) is 6.54 Å². The second-order valence-corrected chi connectivity index (χ2v) is 4.66. The molecule has 1 heterocycles. The highest BCUT2D eigenvalue weighted by molar-refractivity contribution is 5.74. The van der Waals surface area contributed by atoms with E-state index in [1.807, 2.05) is 6.07 Å². The maximum atomic E-state index is 11.5. The molecule has 0 bridgehead atoms. The quantitative estimate of drug-likeness (QED) is 0.859. The van der Waals surface area contributed by atoms with Crippen LogP contribution < -0.4 is 10.6 Å². The Morgan fingerprint density at radius 2 is 2.22 bits per heavy atom. The summed E-state index contributed by atoms with van der Waals surface area (Å²) in [5.41, 5.74) is 0. The lowest BCUT2D eigenvalue weighted by atomic mass is 9.89. The summed E-state index contributed by atoms with van der Waals surface area (Å²) >= 11 is 0. The smallest absolute Gasteiger partial charge is 0.319 e. The van der Waals surface area contributed by atoms with E-state index in [0.717, 1.165) is 5.76 Å². The molecule has 0 saturated heterocycles. The average Bonchev–Trinajstić information content (AvgIpc) is 2.91. The Morgan fingerprint density at radius 3 is 2.94 bits per heavy atom. The third-order valence-electron chi connectivity index (χ3n) is 3.24. The number of furan rings is 1. The Bertz CT molecular complexity index is 379. The normalized spacial score (nSPS) is 16.9. The minimum absolute atomic E-state index is 0.196. The van der Waals surface area contributed by atoms with Crippen molar-refractivity contribution in [2.75, 3.05) is 0 Å². The number of hydrogen-bond acceptors (Lipinski definition) is 2. The van der Waals surface area contributed by atoms with Crippen molar-refractivity contribution in [1.29, 1.82) is 0 Å². The SMILES string of the molecule is O=C(N/C=C/C1CCCCC1)NCc1ccco1. The highest BCUT2D eigenvalue weighted by Gasteiger charge is 2.09. The van der Waals surface area contributed by atoms with Crippen molar-refractivity contribution in [3.8, 4) is 0 Å². The summed E-state index contributed by atoms with van der Waals surface area (Å²) in [5, 5.41) is 5.45. The maximum absolute atomic E-state index is 11.5. The second-order valence-electron chi connectivity index (χ2n) is 4.66. The number of hydrogen-bond donors (Lipinski definition) is 2. The minimum Gasteiger partial charge on any atom is -0.467 e. The van der Waals surface area contributed by atoms with Gasteiger partial charge in [0.1, 0.15) is 5.76 Å². The fourth-order valence-corrected chi connectivity index (χ4v) is 2.22. The molecule has 1 fully saturated rings. The van der Waals surface area contributed by atoms with Crippen molar-refractivity contribution in [3.05, 3.63) is 36.4 Å². The third-order valence-corrected chi connectivity index (χ3v) is 3.24. The van der Waals surface area contributed by atoms with E-state index in [0.29, 0.717) is 12.5 Å². The number of allylic oxidation sites excluding steroid dienone is 1. The van der Waals surface area contributed by atoms with Crippen molar-refractivity contribution in [2.24, 2.45) is 5.92 Å². The van der Waals surface area contributed by atoms with Crippen LogP contribution >= 0.6 is 0 Å². The topological polar surface area (TPSA) is 54.3 Å². The maximum Gasteiger partial charge on any atom is 0.319 e. The van der Waals surface area contributed by atoms with E-state index < -0.39 is 0 Å². The van der Waals surface area contributed by atoms with Crippen molar-refractivity contribution in [2.45, 2.75) is 38.6 Å². The first-order valence-corrected chi connectivity index (χ1v) is 6.58. The molecule has 1 aromatic heterocycles. The summed E-state index contributed by atoms with van der Waals surface area (Å²) in [6.45, 7) is 0.413. The van der Waals surface area contributed by atoms with Gasteiger partial charge in [0.05, 0.1) is 12.8 Å². The molecule has 2 rings (SSSR count). The van der Waals surface area contributed by atoms with E-state index in [2.05, 4.69) is 16.7 Å². The summed E-state index contributed by atoms with van der Waals surface area (Å²) in [6.07, 6.45) is 11.9. The molecule has 18 heavy (non-hydrogen) atoms. The van der Waals surface area contributed by atoms with Gasteiger partial charge in [0.15, 0.2) is 0 Å². The molecule has 4 heteroatoms. The molecule has 2 amide bonds. The highest BCUT2D eigenvalue weighted by Crippen LogP contribution is 2.24. The zero-order chi connectivity index (χ0) is 12.6. The summed E-state index contributed by atoms with van der Waals surface area (Å²) in [6, 6.07) is 3.44. The van der Waals surface area contributed by atoms with Crippen LogP contribution in [0.3, 0.4) is 0 Å². The van der Waals surface area contributed by atoms with Crippen LogP contribution in [-0.4, -0.2) is 6.03 Å². The summed E-state index contributed by atoms with van der Waals surface area (Å²) < 4.78 is 5.12. The Balaban J connectivity index is 1.63. The molecule has 0 aromatic carbocycles. The largest absolute Gasteiger partial charge is 0.467 e. The van der Waals surface area contributed by atoms with E-state index in [-0.39, 0.29) is 6.03 Å². The molecule has 0 atom stereocenters. The lowest BCUT2D eigenvalue weighted by Gasteiger charge is -2.17. The van der Waals surface area contributed by atoms with Gasteiger partial charge in [0.25, 0.3) is 0 Å². The molecular formula is C14H20N2O2. The van der Waals surface area contributed by atoms with Gasteiger partial charge in [0.2, 0.25) is 0 Å². The molecular weight excluding hydrogens is 228 g/mol. The van der Waals surface area contributed by atoms with Gasteiger partial charge in [-0.2, -0.15) is 0 Å². The van der Waals surface area contributed by atoms with Gasteiger partial charge in [-0.3, -0.25) is 0 Å². The molecule has 0 aliphatic heterocycles. The van der Waals surface area contributed by atoms with Crippen LogP contribution in [0.1, 0.15) is 37.9 Å². The van der Waals surface area contributed by atoms with Gasteiger partial charge in [-0.05, 0) is 30.9 Å². The molecule has 0 spiro atoms. The molecule has 1 aliphatic carbocycles. The Morgan fingerprint density at radius 1 is 1.39 bits per heavy atom. The lowest BCUT2D eigenvalue weighted by Crippen LogP contribution is -2.31. The molecule has 4 nitrogen and oxygen atoms in total. The summed E-state index contributed by atoms with van der Waals surface area (Å²) in [4.78, 5) is 11.5. The van der Waals surface area contributed by atoms with Gasteiger partial charge < -0.3 is 15.1 Å². The first-order chi connectivity index (χ1) is 8.84. The standard InChI is InChI=1S/C14H20N2O2/c17-14(16-11-13-7-4-10-18-13)15-9-8-12-5-2-1-3-6-12/h4,7-10,12H,1-3,5-6,11H2,(H2,15,16,17)/b9-8+. The first-order valence-electron chi connectivity index (χ1n) is 6.58. The summed E-state index contributed by atoms with van der Waals surface area (Å²) in [5.74, 6) is 1.38. The Kier molecular flexibility index (Phi) is 4.88. The Labute approximate surface area is 107 Å². The molecule has 0 unspecified atom stereocenters. The average molecular weight is 248 g/mol. The second kappa shape index (κ2) is 6.89. The van der Waals surface area contributed by atoms with Crippen LogP contribution in [0, 0.1) is 5.92 Å². The molecule has 2 N–H and O–H groups in total. The fourth-order valence-electron chi connectivity index (χ4n) is 2.22. The molecule has 0 radical (unpaired) electrons. The van der Waals surface area contributed by atoms with E-state index in [1.165, 1.54) is 32.1 Å². The number of amides is 2. The van der Waals surface area contributed by atoms with Gasteiger partial charge in [-0.15, -0.1) is 0 Å². The lowest BCUT2D eigenvalue weighted by molar-refractivity contribution is 0.242. The zero-order valence-corrected chi connectivity index (χ0v) is 10.5.